The summed E-state index contributed by atoms with van der Waals surface area (Å²) in [7, 11) is 1.59. The topological polar surface area (TPSA) is 59.4 Å². The highest BCUT2D eigenvalue weighted by Gasteiger charge is 2.19. The number of aryl methyl sites for hydroxylation is 1. The fourth-order valence-corrected chi connectivity index (χ4v) is 3.53. The molecule has 0 radical (unpaired) electrons. The van der Waals surface area contributed by atoms with E-state index in [0.29, 0.717) is 10.6 Å². The molecule has 0 saturated carbocycles. The van der Waals surface area contributed by atoms with Crippen LogP contribution in [0, 0.1) is 0 Å². The van der Waals surface area contributed by atoms with Gasteiger partial charge >= 0.3 is 5.97 Å². The van der Waals surface area contributed by atoms with Gasteiger partial charge in [-0.1, -0.05) is 6.92 Å². The molecule has 1 aromatic carbocycles. The molecule has 0 fully saturated rings. The van der Waals surface area contributed by atoms with E-state index < -0.39 is 5.97 Å². The number of halogens is 1. The number of rotatable bonds is 5. The van der Waals surface area contributed by atoms with Crippen molar-refractivity contribution in [2.24, 2.45) is 0 Å². The number of carboxylic acid groups (broad SMARTS) is 1. The summed E-state index contributed by atoms with van der Waals surface area (Å²) in [4.78, 5) is 16.2. The van der Waals surface area contributed by atoms with E-state index >= 15 is 0 Å². The first-order chi connectivity index (χ1) is 9.56. The Hall–Kier alpha value is -1.40. The van der Waals surface area contributed by atoms with Gasteiger partial charge in [-0.05, 0) is 52.5 Å². The minimum atomic E-state index is -0.995. The van der Waals surface area contributed by atoms with Crippen LogP contribution in [-0.4, -0.2) is 23.2 Å². The van der Waals surface area contributed by atoms with Crippen LogP contribution >= 0.6 is 27.3 Å². The van der Waals surface area contributed by atoms with Crippen LogP contribution in [0.25, 0.3) is 10.4 Å². The number of aromatic carboxylic acids is 1. The molecule has 0 saturated heterocycles. The molecular formula is C14H14BrNO3S. The Kier molecular flexibility index (Phi) is 4.77. The van der Waals surface area contributed by atoms with Gasteiger partial charge in [-0.15, -0.1) is 11.3 Å². The van der Waals surface area contributed by atoms with Crippen LogP contribution in [0.1, 0.15) is 28.8 Å². The van der Waals surface area contributed by atoms with E-state index in [1.807, 2.05) is 25.1 Å². The summed E-state index contributed by atoms with van der Waals surface area (Å²) in [6, 6.07) is 5.51. The molecule has 0 unspecified atom stereocenters. The summed E-state index contributed by atoms with van der Waals surface area (Å²) in [5.41, 5.74) is 0.949. The minimum absolute atomic E-state index is 0.121. The second kappa shape index (κ2) is 6.37. The third-order valence-corrected chi connectivity index (χ3v) is 4.54. The van der Waals surface area contributed by atoms with E-state index in [1.165, 1.54) is 11.3 Å². The summed E-state index contributed by atoms with van der Waals surface area (Å²) >= 11 is 4.85. The zero-order valence-electron chi connectivity index (χ0n) is 11.1. The number of methoxy groups -OCH3 is 1. The first-order valence-corrected chi connectivity index (χ1v) is 7.74. The van der Waals surface area contributed by atoms with Crippen molar-refractivity contribution in [1.82, 2.24) is 4.98 Å². The largest absolute Gasteiger partial charge is 0.496 e. The molecule has 6 heteroatoms. The van der Waals surface area contributed by atoms with Crippen LogP contribution in [0.4, 0.5) is 0 Å². The highest BCUT2D eigenvalue weighted by Crippen LogP contribution is 2.35. The van der Waals surface area contributed by atoms with Gasteiger partial charge in [0.25, 0.3) is 0 Å². The van der Waals surface area contributed by atoms with E-state index in [2.05, 4.69) is 20.9 Å². The van der Waals surface area contributed by atoms with Crippen LogP contribution in [0.3, 0.4) is 0 Å². The third-order valence-electron chi connectivity index (χ3n) is 2.75. The zero-order chi connectivity index (χ0) is 14.7. The van der Waals surface area contributed by atoms with Gasteiger partial charge in [0, 0.05) is 0 Å². The van der Waals surface area contributed by atoms with Gasteiger partial charge in [-0.2, -0.15) is 0 Å². The lowest BCUT2D eigenvalue weighted by Crippen LogP contribution is -1.99. The maximum atomic E-state index is 11.3. The van der Waals surface area contributed by atoms with Gasteiger partial charge in [0.2, 0.25) is 0 Å². The molecule has 0 atom stereocenters. The highest BCUT2D eigenvalue weighted by atomic mass is 79.9. The average Bonchev–Trinajstić information content (AvgIpc) is 2.83. The predicted octanol–water partition coefficient (Wildman–Crippen LogP) is 4.23. The Morgan fingerprint density at radius 3 is 2.80 bits per heavy atom. The van der Waals surface area contributed by atoms with Crippen molar-refractivity contribution in [2.75, 3.05) is 7.11 Å². The minimum Gasteiger partial charge on any atom is -0.496 e. The molecule has 106 valence electrons. The standard InChI is InChI=1S/C14H14BrNO3S/c1-3-4-11-16-12(14(17)18)13(20-11)8-5-6-10(19-2)9(15)7-8/h5-7H,3-4H2,1-2H3,(H,17,18). The quantitative estimate of drug-likeness (QED) is 0.871. The maximum Gasteiger partial charge on any atom is 0.356 e. The predicted molar refractivity (Wildman–Crippen MR) is 82.8 cm³/mol. The number of thiazole rings is 1. The van der Waals surface area contributed by atoms with E-state index in [-0.39, 0.29) is 5.69 Å². The number of ether oxygens (including phenoxy) is 1. The van der Waals surface area contributed by atoms with E-state index in [4.69, 9.17) is 4.74 Å². The van der Waals surface area contributed by atoms with Crippen molar-refractivity contribution in [3.63, 3.8) is 0 Å². The number of hydrogen-bond acceptors (Lipinski definition) is 4. The van der Waals surface area contributed by atoms with Gasteiger partial charge in [0.15, 0.2) is 5.69 Å². The lowest BCUT2D eigenvalue weighted by molar-refractivity contribution is 0.0692. The second-order valence-electron chi connectivity index (χ2n) is 4.19. The van der Waals surface area contributed by atoms with Crippen LogP contribution in [0.15, 0.2) is 22.7 Å². The summed E-state index contributed by atoms with van der Waals surface area (Å²) in [6.07, 6.45) is 1.74. The number of carboxylic acids is 1. The van der Waals surface area contributed by atoms with Crippen molar-refractivity contribution in [3.8, 4) is 16.2 Å². The molecule has 0 aliphatic heterocycles. The molecule has 0 spiro atoms. The molecule has 1 aromatic heterocycles. The highest BCUT2D eigenvalue weighted by molar-refractivity contribution is 9.10. The Labute approximate surface area is 129 Å². The lowest BCUT2D eigenvalue weighted by Gasteiger charge is -2.05. The number of carbonyl (C=O) groups is 1. The second-order valence-corrected chi connectivity index (χ2v) is 6.13. The van der Waals surface area contributed by atoms with Gasteiger partial charge < -0.3 is 9.84 Å². The Bertz CT molecular complexity index is 639. The molecule has 20 heavy (non-hydrogen) atoms. The number of nitrogens with zero attached hydrogens (tertiary/aromatic N) is 1. The Morgan fingerprint density at radius 2 is 2.25 bits per heavy atom. The van der Waals surface area contributed by atoms with E-state index in [0.717, 1.165) is 27.9 Å². The van der Waals surface area contributed by atoms with Gasteiger partial charge in [-0.25, -0.2) is 9.78 Å². The zero-order valence-corrected chi connectivity index (χ0v) is 13.5. The van der Waals surface area contributed by atoms with Crippen molar-refractivity contribution in [1.29, 1.82) is 0 Å². The SMILES string of the molecule is CCCc1nc(C(=O)O)c(-c2ccc(OC)c(Br)c2)s1. The summed E-state index contributed by atoms with van der Waals surface area (Å²) in [5.74, 6) is -0.283. The number of aromatic nitrogens is 1. The smallest absolute Gasteiger partial charge is 0.356 e. The lowest BCUT2D eigenvalue weighted by atomic mass is 10.1. The molecule has 2 rings (SSSR count). The molecule has 1 N–H and O–H groups in total. The first-order valence-electron chi connectivity index (χ1n) is 6.13. The van der Waals surface area contributed by atoms with Crippen LogP contribution in [-0.2, 0) is 6.42 Å². The van der Waals surface area contributed by atoms with Crippen LogP contribution in [0.5, 0.6) is 5.75 Å². The van der Waals surface area contributed by atoms with E-state index in [1.54, 1.807) is 7.11 Å². The summed E-state index contributed by atoms with van der Waals surface area (Å²) in [6.45, 7) is 2.05. The summed E-state index contributed by atoms with van der Waals surface area (Å²) < 4.78 is 5.97. The van der Waals surface area contributed by atoms with Crippen molar-refractivity contribution >= 4 is 33.2 Å². The fourth-order valence-electron chi connectivity index (χ4n) is 1.83. The monoisotopic (exact) mass is 355 g/mol. The molecule has 0 bridgehead atoms. The summed E-state index contributed by atoms with van der Waals surface area (Å²) in [5, 5.41) is 10.1. The molecular weight excluding hydrogens is 342 g/mol. The molecule has 2 aromatic rings. The Balaban J connectivity index is 2.50. The molecule has 4 nitrogen and oxygen atoms in total. The average molecular weight is 356 g/mol. The molecule has 0 amide bonds. The van der Waals surface area contributed by atoms with E-state index in [9.17, 15) is 9.90 Å². The van der Waals surface area contributed by atoms with Crippen molar-refractivity contribution in [2.45, 2.75) is 19.8 Å². The van der Waals surface area contributed by atoms with Gasteiger partial charge in [0.1, 0.15) is 5.75 Å². The Morgan fingerprint density at radius 1 is 1.50 bits per heavy atom. The molecule has 0 aliphatic carbocycles. The molecule has 1 heterocycles. The maximum absolute atomic E-state index is 11.3. The number of benzene rings is 1. The van der Waals surface area contributed by atoms with Gasteiger partial charge in [-0.3, -0.25) is 0 Å². The van der Waals surface area contributed by atoms with Crippen LogP contribution < -0.4 is 4.74 Å². The normalized spacial score (nSPS) is 10.6. The number of hydrogen-bond donors (Lipinski definition) is 1. The van der Waals surface area contributed by atoms with Crippen molar-refractivity contribution in [3.05, 3.63) is 33.4 Å². The van der Waals surface area contributed by atoms with Gasteiger partial charge in [0.05, 0.1) is 21.5 Å². The van der Waals surface area contributed by atoms with Crippen LogP contribution in [0.2, 0.25) is 0 Å². The first kappa shape index (κ1) is 15.0. The fraction of sp³-hybridized carbons (Fsp3) is 0.286. The van der Waals surface area contributed by atoms with Crippen molar-refractivity contribution < 1.29 is 14.6 Å². The third kappa shape index (κ3) is 3.02. The molecule has 0 aliphatic rings.